The third kappa shape index (κ3) is 5.47. The summed E-state index contributed by atoms with van der Waals surface area (Å²) < 4.78 is 16.4. The number of hydrogen-bond acceptors (Lipinski definition) is 7. The van der Waals surface area contributed by atoms with Crippen molar-refractivity contribution in [2.45, 2.75) is 32.7 Å². The molecule has 2 heterocycles. The Kier molecular flexibility index (Phi) is 7.93. The molecule has 1 fully saturated rings. The zero-order chi connectivity index (χ0) is 18.8. The quantitative estimate of drug-likeness (QED) is 0.814. The molecular weight excluding hydrogens is 336 g/mol. The molecule has 142 valence electrons. The summed E-state index contributed by atoms with van der Waals surface area (Å²) in [6.45, 7) is 4.82. The lowest BCUT2D eigenvalue weighted by atomic mass is 10.1. The van der Waals surface area contributed by atoms with Crippen LogP contribution in [0.3, 0.4) is 0 Å². The van der Waals surface area contributed by atoms with Gasteiger partial charge in [0.05, 0.1) is 26.4 Å². The number of aromatic nitrogens is 2. The first-order chi connectivity index (χ1) is 12.6. The number of benzene rings is 1. The van der Waals surface area contributed by atoms with Crippen LogP contribution in [0.1, 0.15) is 30.0 Å². The third-order valence-corrected chi connectivity index (χ3v) is 3.75. The van der Waals surface area contributed by atoms with E-state index in [1.54, 1.807) is 31.5 Å². The Labute approximate surface area is 153 Å². The number of nitrogens with zero attached hydrogens (tertiary/aromatic N) is 2. The molecule has 0 unspecified atom stereocenters. The van der Waals surface area contributed by atoms with Gasteiger partial charge in [0, 0.05) is 18.0 Å². The van der Waals surface area contributed by atoms with Crippen molar-refractivity contribution in [2.75, 3.05) is 26.4 Å². The highest BCUT2D eigenvalue weighted by atomic mass is 16.9. The molecule has 1 aromatic carbocycles. The molecule has 2 aromatic rings. The molecule has 1 saturated heterocycles. The van der Waals surface area contributed by atoms with Crippen LogP contribution in [0.5, 0.6) is 5.75 Å². The minimum atomic E-state index is -1.25. The van der Waals surface area contributed by atoms with Gasteiger partial charge in [0.25, 0.3) is 0 Å². The fourth-order valence-electron chi connectivity index (χ4n) is 2.50. The Morgan fingerprint density at radius 2 is 1.88 bits per heavy atom. The molecule has 7 heteroatoms. The van der Waals surface area contributed by atoms with Crippen LogP contribution in [-0.4, -0.2) is 46.6 Å². The number of aliphatic hydroxyl groups is 1. The van der Waals surface area contributed by atoms with Gasteiger partial charge in [-0.2, -0.15) is 0 Å². The fourth-order valence-corrected chi connectivity index (χ4v) is 2.50. The number of ether oxygens (including phenoxy) is 3. The Balaban J connectivity index is 0.000000228. The van der Waals surface area contributed by atoms with Crippen LogP contribution >= 0.6 is 0 Å². The maximum Gasteiger partial charge on any atom is 0.312 e. The van der Waals surface area contributed by atoms with Crippen LogP contribution in [0.2, 0.25) is 0 Å². The summed E-state index contributed by atoms with van der Waals surface area (Å²) in [5.41, 5.74) is 2.62. The van der Waals surface area contributed by atoms with E-state index in [1.165, 1.54) is 5.56 Å². The molecule has 7 nitrogen and oxygen atoms in total. The molecule has 0 radical (unpaired) electrons. The Morgan fingerprint density at radius 1 is 1.19 bits per heavy atom. The van der Waals surface area contributed by atoms with E-state index in [0.29, 0.717) is 24.3 Å². The van der Waals surface area contributed by atoms with E-state index < -0.39 is 5.97 Å². The molecule has 26 heavy (non-hydrogen) atoms. The number of hydrogen-bond donors (Lipinski definition) is 2. The minimum absolute atomic E-state index is 0.106. The predicted octanol–water partition coefficient (Wildman–Crippen LogP) is 2.30. The molecule has 0 saturated carbocycles. The summed E-state index contributed by atoms with van der Waals surface area (Å²) in [5.74, 6) is -1.04. The summed E-state index contributed by atoms with van der Waals surface area (Å²) in [4.78, 5) is 7.78. The first kappa shape index (κ1) is 20.3. The second-order valence-corrected chi connectivity index (χ2v) is 5.82. The van der Waals surface area contributed by atoms with Gasteiger partial charge in [0.15, 0.2) is 0 Å². The first-order valence-corrected chi connectivity index (χ1v) is 8.68. The molecule has 0 aliphatic carbocycles. The van der Waals surface area contributed by atoms with Crippen molar-refractivity contribution in [1.29, 1.82) is 0 Å². The molecule has 0 spiro atoms. The van der Waals surface area contributed by atoms with E-state index in [1.807, 2.05) is 12.4 Å². The van der Waals surface area contributed by atoms with Gasteiger partial charge in [-0.1, -0.05) is 13.3 Å². The highest BCUT2D eigenvalue weighted by Gasteiger charge is 2.40. The van der Waals surface area contributed by atoms with Gasteiger partial charge >= 0.3 is 5.97 Å². The maximum absolute atomic E-state index is 9.48. The second-order valence-electron chi connectivity index (χ2n) is 5.82. The van der Waals surface area contributed by atoms with Crippen LogP contribution in [0.4, 0.5) is 0 Å². The van der Waals surface area contributed by atoms with E-state index in [-0.39, 0.29) is 19.0 Å². The monoisotopic (exact) mass is 362 g/mol. The van der Waals surface area contributed by atoms with Gasteiger partial charge in [-0.3, -0.25) is 0 Å². The van der Waals surface area contributed by atoms with E-state index in [2.05, 4.69) is 16.9 Å². The van der Waals surface area contributed by atoms with E-state index in [4.69, 9.17) is 19.3 Å². The highest BCUT2D eigenvalue weighted by Crippen LogP contribution is 2.34. The van der Waals surface area contributed by atoms with Crippen molar-refractivity contribution in [3.8, 4) is 5.75 Å². The molecule has 1 aromatic heterocycles. The van der Waals surface area contributed by atoms with Crippen molar-refractivity contribution < 1.29 is 24.4 Å². The number of phenolic OH excluding ortho intramolecular Hbond substituents is 1. The highest BCUT2D eigenvalue weighted by molar-refractivity contribution is 5.36. The van der Waals surface area contributed by atoms with Gasteiger partial charge in [-0.05, 0) is 42.7 Å². The normalized spacial score (nSPS) is 15.3. The fraction of sp³-hybridized carbons (Fsp3) is 0.474. The van der Waals surface area contributed by atoms with E-state index >= 15 is 0 Å². The van der Waals surface area contributed by atoms with Gasteiger partial charge in [0.1, 0.15) is 12.1 Å². The smallest absolute Gasteiger partial charge is 0.312 e. The summed E-state index contributed by atoms with van der Waals surface area (Å²) in [6.07, 6.45) is 7.51. The molecular formula is C19H26N2O5. The predicted molar refractivity (Wildman–Crippen MR) is 95.5 cm³/mol. The van der Waals surface area contributed by atoms with Crippen molar-refractivity contribution >= 4 is 0 Å². The van der Waals surface area contributed by atoms with E-state index in [9.17, 15) is 5.11 Å². The van der Waals surface area contributed by atoms with Gasteiger partial charge in [0.2, 0.25) is 0 Å². The SMILES string of the molecule is CCCc1cncnc1.Cc1cc(C2(OCCO)OCCO2)ccc1O. The standard InChI is InChI=1S/C12H16O5.C7H10N2/c1-9-8-10(2-3-11(9)14)12(15-5-4-13)16-6-7-17-12;1-2-3-7-4-8-6-9-5-7/h2-3,8,13-14H,4-7H2,1H3;4-6H,2-3H2,1H3. The van der Waals surface area contributed by atoms with Crippen LogP contribution < -0.4 is 0 Å². The second kappa shape index (κ2) is 10.2. The number of aliphatic hydroxyl groups excluding tert-OH is 1. The average Bonchev–Trinajstić information content (AvgIpc) is 3.14. The lowest BCUT2D eigenvalue weighted by Crippen LogP contribution is -2.32. The summed E-state index contributed by atoms with van der Waals surface area (Å²) in [6, 6.07) is 5.00. The number of aryl methyl sites for hydroxylation is 2. The average molecular weight is 362 g/mol. The zero-order valence-electron chi connectivity index (χ0n) is 15.2. The summed E-state index contributed by atoms with van der Waals surface area (Å²) >= 11 is 0. The van der Waals surface area contributed by atoms with E-state index in [0.717, 1.165) is 12.8 Å². The number of rotatable bonds is 6. The van der Waals surface area contributed by atoms with Gasteiger partial charge in [-0.15, -0.1) is 0 Å². The Morgan fingerprint density at radius 3 is 2.46 bits per heavy atom. The van der Waals surface area contributed by atoms with Crippen molar-refractivity contribution in [2.24, 2.45) is 0 Å². The van der Waals surface area contributed by atoms with Crippen molar-refractivity contribution in [3.63, 3.8) is 0 Å². The maximum atomic E-state index is 9.48. The van der Waals surface area contributed by atoms with Crippen LogP contribution in [0.25, 0.3) is 0 Å². The van der Waals surface area contributed by atoms with Crippen LogP contribution in [0, 0.1) is 6.92 Å². The molecule has 0 bridgehead atoms. The zero-order valence-corrected chi connectivity index (χ0v) is 15.2. The first-order valence-electron chi connectivity index (χ1n) is 8.68. The summed E-state index contributed by atoms with van der Waals surface area (Å²) in [7, 11) is 0. The van der Waals surface area contributed by atoms with Crippen LogP contribution in [0.15, 0.2) is 36.9 Å². The third-order valence-electron chi connectivity index (χ3n) is 3.75. The lowest BCUT2D eigenvalue weighted by Gasteiger charge is -2.27. The minimum Gasteiger partial charge on any atom is -0.508 e. The van der Waals surface area contributed by atoms with Crippen molar-refractivity contribution in [1.82, 2.24) is 9.97 Å². The largest absolute Gasteiger partial charge is 0.508 e. The molecule has 0 amide bonds. The van der Waals surface area contributed by atoms with Gasteiger partial charge < -0.3 is 24.4 Å². The molecule has 1 aliphatic rings. The molecule has 1 aliphatic heterocycles. The van der Waals surface area contributed by atoms with Gasteiger partial charge in [-0.25, -0.2) is 9.97 Å². The molecule has 0 atom stereocenters. The van der Waals surface area contributed by atoms with Crippen molar-refractivity contribution in [3.05, 3.63) is 53.6 Å². The Bertz CT molecular complexity index is 660. The topological polar surface area (TPSA) is 93.9 Å². The van der Waals surface area contributed by atoms with Crippen LogP contribution in [-0.2, 0) is 26.6 Å². The lowest BCUT2D eigenvalue weighted by molar-refractivity contribution is -0.345. The molecule has 2 N–H and O–H groups in total. The molecule has 3 rings (SSSR count). The summed E-state index contributed by atoms with van der Waals surface area (Å²) in [5, 5.41) is 18.3. The Hall–Kier alpha value is -2.06. The number of aromatic hydroxyl groups is 1. The number of phenols is 1.